The molecule has 0 aliphatic heterocycles. The zero-order valence-electron chi connectivity index (χ0n) is 24.0. The van der Waals surface area contributed by atoms with Crippen LogP contribution in [0.2, 0.25) is 0 Å². The van der Waals surface area contributed by atoms with Gasteiger partial charge in [-0.1, -0.05) is 27.7 Å². The first-order chi connectivity index (χ1) is 16.8. The van der Waals surface area contributed by atoms with E-state index in [9.17, 15) is 0 Å². The molecule has 4 aliphatic carbocycles. The summed E-state index contributed by atoms with van der Waals surface area (Å²) in [5.74, 6) is 2.74. The summed E-state index contributed by atoms with van der Waals surface area (Å²) in [6, 6.07) is 2.91. The maximum atomic E-state index is 5.79. The lowest BCUT2D eigenvalue weighted by molar-refractivity contribution is 0.301. The molecule has 0 saturated heterocycles. The molecule has 12 unspecified atom stereocenters. The fraction of sp³-hybridized carbons (Fsp3) is 1.00. The van der Waals surface area contributed by atoms with E-state index in [-0.39, 0.29) is 0 Å². The molecule has 4 fully saturated rings. The second-order valence-electron chi connectivity index (χ2n) is 12.9. The summed E-state index contributed by atoms with van der Waals surface area (Å²) < 4.78 is 0. The molecule has 0 spiro atoms. The van der Waals surface area contributed by atoms with E-state index in [1.54, 1.807) is 0 Å². The first-order valence-electron chi connectivity index (χ1n) is 14.8. The minimum Gasteiger partial charge on any atom is -0.328 e. The summed E-state index contributed by atoms with van der Waals surface area (Å²) in [7, 11) is 0. The van der Waals surface area contributed by atoms with Gasteiger partial charge in [0.2, 0.25) is 0 Å². The van der Waals surface area contributed by atoms with Gasteiger partial charge in [0.15, 0.2) is 0 Å². The van der Waals surface area contributed by atoms with Crippen molar-refractivity contribution in [1.29, 1.82) is 0 Å². The molecule has 0 aromatic heterocycles. The highest BCUT2D eigenvalue weighted by Gasteiger charge is 2.24. The van der Waals surface area contributed by atoms with Crippen molar-refractivity contribution in [1.82, 2.24) is 0 Å². The van der Waals surface area contributed by atoms with Gasteiger partial charge in [0.1, 0.15) is 0 Å². The van der Waals surface area contributed by atoms with Crippen LogP contribution in [0.4, 0.5) is 0 Å². The minimum atomic E-state index is 0.355. The summed E-state index contributed by atoms with van der Waals surface area (Å²) in [5.41, 5.74) is 46.0. The molecule has 4 aliphatic rings. The van der Waals surface area contributed by atoms with Gasteiger partial charge in [0.05, 0.1) is 0 Å². The topological polar surface area (TPSA) is 208 Å². The Morgan fingerprint density at radius 3 is 0.583 bits per heavy atom. The van der Waals surface area contributed by atoms with Crippen LogP contribution in [0.3, 0.4) is 0 Å². The predicted octanol–water partition coefficient (Wildman–Crippen LogP) is 1.84. The maximum Gasteiger partial charge on any atom is 0.00792 e. The first-order valence-corrected chi connectivity index (χ1v) is 14.8. The lowest BCUT2D eigenvalue weighted by Crippen LogP contribution is -2.40. The molecule has 16 N–H and O–H groups in total. The summed E-state index contributed by atoms with van der Waals surface area (Å²) in [4.78, 5) is 0. The molecule has 36 heavy (non-hydrogen) atoms. The van der Waals surface area contributed by atoms with Gasteiger partial charge >= 0.3 is 0 Å². The summed E-state index contributed by atoms with van der Waals surface area (Å²) in [6.07, 6.45) is 13.5. The van der Waals surface area contributed by atoms with E-state index in [1.165, 1.54) is 25.7 Å². The van der Waals surface area contributed by atoms with Crippen molar-refractivity contribution < 1.29 is 0 Å². The van der Waals surface area contributed by atoms with Gasteiger partial charge in [0.25, 0.3) is 0 Å². The zero-order valence-corrected chi connectivity index (χ0v) is 24.0. The first kappa shape index (κ1) is 33.7. The summed E-state index contributed by atoms with van der Waals surface area (Å²) >= 11 is 0. The van der Waals surface area contributed by atoms with E-state index in [0.29, 0.717) is 72.0 Å². The molecule has 0 aromatic rings. The molecule has 216 valence electrons. The second-order valence-corrected chi connectivity index (χ2v) is 12.9. The Kier molecular flexibility index (Phi) is 16.2. The fourth-order valence-electron chi connectivity index (χ4n) is 5.56. The predicted molar refractivity (Wildman–Crippen MR) is 156 cm³/mol. The Balaban J connectivity index is 0.000000240. The van der Waals surface area contributed by atoms with E-state index in [4.69, 9.17) is 45.9 Å². The summed E-state index contributed by atoms with van der Waals surface area (Å²) in [5, 5.41) is 0. The average Bonchev–Trinajstić information content (AvgIpc) is 2.81. The standard InChI is InChI=1S/4C7H16N2/c4*1-5-2-3-6(8)4-7(5)9/h4*5-7H,2-4,8-9H2,1H3. The van der Waals surface area contributed by atoms with Gasteiger partial charge in [-0.2, -0.15) is 0 Å². The maximum absolute atomic E-state index is 5.79. The number of rotatable bonds is 0. The van der Waals surface area contributed by atoms with E-state index in [2.05, 4.69) is 27.7 Å². The highest BCUT2D eigenvalue weighted by Crippen LogP contribution is 2.23. The Morgan fingerprint density at radius 1 is 0.306 bits per heavy atom. The van der Waals surface area contributed by atoms with Crippen LogP contribution >= 0.6 is 0 Å². The van der Waals surface area contributed by atoms with Crippen molar-refractivity contribution in [3.05, 3.63) is 0 Å². The van der Waals surface area contributed by atoms with Crippen LogP contribution in [-0.4, -0.2) is 48.3 Å². The summed E-state index contributed by atoms with van der Waals surface area (Å²) in [6.45, 7) is 8.82. The molecule has 8 heteroatoms. The average molecular weight is 513 g/mol. The van der Waals surface area contributed by atoms with Crippen molar-refractivity contribution >= 4 is 0 Å². The largest absolute Gasteiger partial charge is 0.328 e. The van der Waals surface area contributed by atoms with Crippen LogP contribution in [0.1, 0.15) is 105 Å². The monoisotopic (exact) mass is 513 g/mol. The molecule has 0 amide bonds. The van der Waals surface area contributed by atoms with Crippen LogP contribution in [-0.2, 0) is 0 Å². The van der Waals surface area contributed by atoms with Crippen molar-refractivity contribution in [2.24, 2.45) is 69.5 Å². The van der Waals surface area contributed by atoms with E-state index in [1.807, 2.05) is 0 Å². The fourth-order valence-corrected chi connectivity index (χ4v) is 5.56. The van der Waals surface area contributed by atoms with Crippen LogP contribution in [0.25, 0.3) is 0 Å². The Morgan fingerprint density at radius 2 is 0.472 bits per heavy atom. The third-order valence-corrected chi connectivity index (χ3v) is 9.19. The van der Waals surface area contributed by atoms with E-state index < -0.39 is 0 Å². The highest BCUT2D eigenvalue weighted by molar-refractivity contribution is 4.83. The molecular weight excluding hydrogens is 448 g/mol. The van der Waals surface area contributed by atoms with Gasteiger partial charge in [-0.3, -0.25) is 0 Å². The van der Waals surface area contributed by atoms with Crippen LogP contribution in [0.15, 0.2) is 0 Å². The number of nitrogens with two attached hydrogens (primary N) is 8. The lowest BCUT2D eigenvalue weighted by atomic mass is 9.84. The quantitative estimate of drug-likeness (QED) is 0.239. The number of hydrogen-bond donors (Lipinski definition) is 8. The van der Waals surface area contributed by atoms with Crippen molar-refractivity contribution in [2.45, 2.75) is 153 Å². The van der Waals surface area contributed by atoms with Gasteiger partial charge in [-0.25, -0.2) is 0 Å². The van der Waals surface area contributed by atoms with E-state index >= 15 is 0 Å². The molecule has 4 saturated carbocycles. The second kappa shape index (κ2) is 17.3. The molecule has 0 radical (unpaired) electrons. The zero-order chi connectivity index (χ0) is 27.4. The van der Waals surface area contributed by atoms with Crippen molar-refractivity contribution in [3.63, 3.8) is 0 Å². The molecule has 0 heterocycles. The molecular formula is C28H64N8. The van der Waals surface area contributed by atoms with Gasteiger partial charge in [-0.05, 0) is 101 Å². The molecule has 4 rings (SSSR count). The van der Waals surface area contributed by atoms with Crippen molar-refractivity contribution in [3.8, 4) is 0 Å². The van der Waals surface area contributed by atoms with Gasteiger partial charge in [0, 0.05) is 48.3 Å². The minimum absolute atomic E-state index is 0.355. The smallest absolute Gasteiger partial charge is 0.00792 e. The van der Waals surface area contributed by atoms with Crippen molar-refractivity contribution in [2.75, 3.05) is 0 Å². The Labute approximate surface area is 222 Å². The molecule has 0 aromatic carbocycles. The highest BCUT2D eigenvalue weighted by atomic mass is 14.7. The van der Waals surface area contributed by atoms with Gasteiger partial charge < -0.3 is 45.9 Å². The number of hydrogen-bond acceptors (Lipinski definition) is 8. The Bertz CT molecular complexity index is 468. The van der Waals surface area contributed by atoms with Crippen LogP contribution < -0.4 is 45.9 Å². The normalized spacial score (nSPS) is 45.0. The van der Waals surface area contributed by atoms with Crippen LogP contribution in [0.5, 0.6) is 0 Å². The SMILES string of the molecule is CC1CCC(N)CC1N.CC1CCC(N)CC1N.CC1CCC(N)CC1N.CC1CCC(N)CC1N. The molecule has 12 atom stereocenters. The van der Waals surface area contributed by atoms with E-state index in [0.717, 1.165) is 51.4 Å². The third kappa shape index (κ3) is 13.5. The van der Waals surface area contributed by atoms with Crippen LogP contribution in [0, 0.1) is 23.7 Å². The molecule has 8 nitrogen and oxygen atoms in total. The lowest BCUT2D eigenvalue weighted by Gasteiger charge is -2.29. The third-order valence-electron chi connectivity index (χ3n) is 9.19. The Hall–Kier alpha value is -0.320. The molecule has 0 bridgehead atoms. The van der Waals surface area contributed by atoms with Gasteiger partial charge in [-0.15, -0.1) is 0 Å².